The van der Waals surface area contributed by atoms with Crippen LogP contribution in [0.5, 0.6) is 0 Å². The van der Waals surface area contributed by atoms with E-state index in [4.69, 9.17) is 0 Å². The van der Waals surface area contributed by atoms with E-state index in [0.29, 0.717) is 17.7 Å². The lowest BCUT2D eigenvalue weighted by molar-refractivity contribution is -0.123. The van der Waals surface area contributed by atoms with Crippen LogP contribution in [0.25, 0.3) is 0 Å². The lowest BCUT2D eigenvalue weighted by Crippen LogP contribution is -2.29. The fourth-order valence-electron chi connectivity index (χ4n) is 2.98. The molecule has 1 fully saturated rings. The maximum atomic E-state index is 12.2. The van der Waals surface area contributed by atoms with Gasteiger partial charge in [0, 0.05) is 5.92 Å². The minimum Gasteiger partial charge on any atom is -0.299 e. The third kappa shape index (κ3) is 3.61. The molecule has 106 valence electrons. The first kappa shape index (κ1) is 14.2. The van der Waals surface area contributed by atoms with Crippen LogP contribution in [0.4, 0.5) is 0 Å². The smallest absolute Gasteiger partial charge is 0.182 e. The van der Waals surface area contributed by atoms with E-state index in [9.17, 15) is 4.79 Å². The highest BCUT2D eigenvalue weighted by Gasteiger charge is 2.32. The molecular formula is C14H24N4O. The molecule has 1 aliphatic rings. The van der Waals surface area contributed by atoms with Gasteiger partial charge in [-0.3, -0.25) is 4.79 Å². The quantitative estimate of drug-likeness (QED) is 0.839. The summed E-state index contributed by atoms with van der Waals surface area (Å²) in [5.74, 6) is 1.76. The molecule has 2 rings (SSSR count). The molecule has 1 aliphatic carbocycles. The Labute approximate surface area is 114 Å². The molecule has 1 aromatic rings. The third-order valence-electron chi connectivity index (χ3n) is 4.29. The highest BCUT2D eigenvalue weighted by Crippen LogP contribution is 2.40. The zero-order valence-electron chi connectivity index (χ0n) is 12.4. The van der Waals surface area contributed by atoms with Gasteiger partial charge in [0.05, 0.1) is 13.5 Å². The molecular weight excluding hydrogens is 240 g/mol. The predicted octanol–water partition coefficient (Wildman–Crippen LogP) is 2.17. The van der Waals surface area contributed by atoms with Crippen LogP contribution >= 0.6 is 0 Å². The van der Waals surface area contributed by atoms with Gasteiger partial charge in [-0.15, -0.1) is 10.2 Å². The molecule has 5 heteroatoms. The first-order chi connectivity index (χ1) is 8.86. The topological polar surface area (TPSA) is 60.7 Å². The number of carbonyl (C=O) groups is 1. The lowest BCUT2D eigenvalue weighted by atomic mass is 9.69. The van der Waals surface area contributed by atoms with Crippen LogP contribution in [0, 0.1) is 17.3 Å². The summed E-state index contributed by atoms with van der Waals surface area (Å²) in [4.78, 5) is 13.6. The Balaban J connectivity index is 1.86. The molecule has 0 spiro atoms. The SMILES string of the molecule is Cn1nnc(CC(=O)C2CCC(C(C)(C)C)CC2)n1. The molecule has 0 aromatic carbocycles. The second-order valence-corrected chi connectivity index (χ2v) is 6.75. The van der Waals surface area contributed by atoms with Crippen molar-refractivity contribution in [3.05, 3.63) is 5.82 Å². The highest BCUT2D eigenvalue weighted by molar-refractivity contribution is 5.82. The minimum atomic E-state index is 0.197. The Morgan fingerprint density at radius 1 is 1.26 bits per heavy atom. The number of aryl methyl sites for hydroxylation is 1. The zero-order chi connectivity index (χ0) is 14.0. The summed E-state index contributed by atoms with van der Waals surface area (Å²) in [5.41, 5.74) is 0.362. The minimum absolute atomic E-state index is 0.197. The van der Waals surface area contributed by atoms with Gasteiger partial charge in [-0.25, -0.2) is 0 Å². The first-order valence-electron chi connectivity index (χ1n) is 7.12. The van der Waals surface area contributed by atoms with Crippen molar-refractivity contribution >= 4 is 5.78 Å². The molecule has 0 N–H and O–H groups in total. The Morgan fingerprint density at radius 3 is 2.37 bits per heavy atom. The zero-order valence-corrected chi connectivity index (χ0v) is 12.4. The molecule has 0 radical (unpaired) electrons. The van der Waals surface area contributed by atoms with E-state index in [1.165, 1.54) is 4.80 Å². The first-order valence-corrected chi connectivity index (χ1v) is 7.12. The fraction of sp³-hybridized carbons (Fsp3) is 0.857. The van der Waals surface area contributed by atoms with Crippen LogP contribution in [0.15, 0.2) is 0 Å². The van der Waals surface area contributed by atoms with Gasteiger partial charge in [-0.2, -0.15) is 4.80 Å². The van der Waals surface area contributed by atoms with Crippen molar-refractivity contribution in [2.24, 2.45) is 24.3 Å². The van der Waals surface area contributed by atoms with Crippen LogP contribution in [-0.4, -0.2) is 26.0 Å². The van der Waals surface area contributed by atoms with E-state index in [2.05, 4.69) is 36.2 Å². The Hall–Kier alpha value is -1.26. The average Bonchev–Trinajstić information content (AvgIpc) is 2.74. The van der Waals surface area contributed by atoms with Gasteiger partial charge in [0.1, 0.15) is 5.78 Å². The number of rotatable bonds is 3. The maximum absolute atomic E-state index is 12.2. The van der Waals surface area contributed by atoms with E-state index in [1.807, 2.05) is 0 Å². The lowest BCUT2D eigenvalue weighted by Gasteiger charge is -2.36. The monoisotopic (exact) mass is 264 g/mol. The van der Waals surface area contributed by atoms with E-state index in [1.54, 1.807) is 7.05 Å². The average molecular weight is 264 g/mol. The van der Waals surface area contributed by atoms with Gasteiger partial charge in [0.15, 0.2) is 5.82 Å². The molecule has 0 saturated heterocycles. The van der Waals surface area contributed by atoms with Crippen molar-refractivity contribution < 1.29 is 4.79 Å². The van der Waals surface area contributed by atoms with Gasteiger partial charge in [-0.1, -0.05) is 20.8 Å². The van der Waals surface area contributed by atoms with Crippen molar-refractivity contribution in [2.75, 3.05) is 0 Å². The maximum Gasteiger partial charge on any atom is 0.182 e. The van der Waals surface area contributed by atoms with Crippen molar-refractivity contribution in [3.63, 3.8) is 0 Å². The molecule has 0 bridgehead atoms. The molecule has 0 aliphatic heterocycles. The number of hydrogen-bond acceptors (Lipinski definition) is 4. The number of Topliss-reactive ketones (excluding diaryl/α,β-unsaturated/α-hetero) is 1. The Kier molecular flexibility index (Phi) is 4.02. The van der Waals surface area contributed by atoms with Crippen LogP contribution in [-0.2, 0) is 18.3 Å². The summed E-state index contributed by atoms with van der Waals surface area (Å²) < 4.78 is 0. The summed E-state index contributed by atoms with van der Waals surface area (Å²) in [6.07, 6.45) is 4.68. The van der Waals surface area contributed by atoms with Gasteiger partial charge < -0.3 is 0 Å². The van der Waals surface area contributed by atoms with Crippen LogP contribution in [0.2, 0.25) is 0 Å². The molecule has 0 unspecified atom stereocenters. The van der Waals surface area contributed by atoms with Gasteiger partial charge in [0.25, 0.3) is 0 Å². The molecule has 1 aromatic heterocycles. The normalized spacial score (nSPS) is 24.4. The number of tetrazole rings is 1. The number of aromatic nitrogens is 4. The van der Waals surface area contributed by atoms with Crippen LogP contribution in [0.1, 0.15) is 52.3 Å². The summed E-state index contributed by atoms with van der Waals surface area (Å²) >= 11 is 0. The van der Waals surface area contributed by atoms with E-state index in [0.717, 1.165) is 31.6 Å². The van der Waals surface area contributed by atoms with Crippen molar-refractivity contribution in [1.82, 2.24) is 20.2 Å². The van der Waals surface area contributed by atoms with E-state index in [-0.39, 0.29) is 11.7 Å². The third-order valence-corrected chi connectivity index (χ3v) is 4.29. The van der Waals surface area contributed by atoms with Gasteiger partial charge >= 0.3 is 0 Å². The number of ketones is 1. The summed E-state index contributed by atoms with van der Waals surface area (Å²) in [7, 11) is 1.72. The highest BCUT2D eigenvalue weighted by atomic mass is 16.1. The molecule has 1 heterocycles. The van der Waals surface area contributed by atoms with Crippen LogP contribution in [0.3, 0.4) is 0 Å². The molecule has 0 amide bonds. The van der Waals surface area contributed by atoms with Crippen LogP contribution < -0.4 is 0 Å². The van der Waals surface area contributed by atoms with E-state index >= 15 is 0 Å². The molecule has 1 saturated carbocycles. The molecule has 0 atom stereocenters. The van der Waals surface area contributed by atoms with Gasteiger partial charge in [0.2, 0.25) is 0 Å². The Morgan fingerprint density at radius 2 is 1.89 bits per heavy atom. The second-order valence-electron chi connectivity index (χ2n) is 6.75. The number of nitrogens with zero attached hydrogens (tertiary/aromatic N) is 4. The van der Waals surface area contributed by atoms with Crippen molar-refractivity contribution in [1.29, 1.82) is 0 Å². The summed E-state index contributed by atoms with van der Waals surface area (Å²) in [5, 5.41) is 11.7. The molecule has 19 heavy (non-hydrogen) atoms. The summed E-state index contributed by atoms with van der Waals surface area (Å²) in [6, 6.07) is 0. The predicted molar refractivity (Wildman–Crippen MR) is 72.4 cm³/mol. The van der Waals surface area contributed by atoms with Gasteiger partial charge in [-0.05, 0) is 42.2 Å². The summed E-state index contributed by atoms with van der Waals surface area (Å²) in [6.45, 7) is 6.88. The number of hydrogen-bond donors (Lipinski definition) is 0. The molecule has 5 nitrogen and oxygen atoms in total. The van der Waals surface area contributed by atoms with E-state index < -0.39 is 0 Å². The Bertz CT molecular complexity index is 439. The second kappa shape index (κ2) is 5.39. The van der Waals surface area contributed by atoms with Crippen molar-refractivity contribution in [3.8, 4) is 0 Å². The standard InChI is InChI=1S/C14H24N4O/c1-14(2,3)11-7-5-10(6-8-11)12(19)9-13-15-17-18(4)16-13/h10-11H,5-9H2,1-4H3. The largest absolute Gasteiger partial charge is 0.299 e. The number of carbonyl (C=O) groups excluding carboxylic acids is 1. The van der Waals surface area contributed by atoms with Crippen molar-refractivity contribution in [2.45, 2.75) is 52.9 Å². The fourth-order valence-corrected chi connectivity index (χ4v) is 2.98.